The molecule has 13 aromatic carbocycles. The minimum absolute atomic E-state index is 0.830. The Balaban J connectivity index is 0.836. The van der Waals surface area contributed by atoms with E-state index in [2.05, 4.69) is 243 Å². The highest BCUT2D eigenvalue weighted by Crippen LogP contribution is 2.49. The van der Waals surface area contributed by atoms with Gasteiger partial charge in [-0.25, -0.2) is 9.97 Å². The van der Waals surface area contributed by atoms with Crippen molar-refractivity contribution in [2.45, 2.75) is 5.41 Å². The molecule has 79 heavy (non-hydrogen) atoms. The van der Waals surface area contributed by atoms with Crippen molar-refractivity contribution in [2.24, 2.45) is 0 Å². The number of aromatic nitrogens is 4. The van der Waals surface area contributed by atoms with E-state index in [1.807, 2.05) is 24.5 Å². The highest BCUT2D eigenvalue weighted by atomic mass is 14.8. The number of nitrogens with zero attached hydrogens (tertiary/aromatic N) is 4. The highest BCUT2D eigenvalue weighted by molar-refractivity contribution is 6.27. The number of pyridine rings is 4. The number of fused-ring (bicyclic) bond motifs is 6. The van der Waals surface area contributed by atoms with Gasteiger partial charge in [0, 0.05) is 39.5 Å². The van der Waals surface area contributed by atoms with Crippen LogP contribution >= 0.6 is 0 Å². The van der Waals surface area contributed by atoms with Gasteiger partial charge in [0.1, 0.15) is 0 Å². The molecule has 0 aliphatic heterocycles. The molecule has 17 aromatic rings. The molecular formula is C75H44N4. The number of benzene rings is 13. The summed E-state index contributed by atoms with van der Waals surface area (Å²) in [6, 6.07) is 93.8. The van der Waals surface area contributed by atoms with Gasteiger partial charge in [-0.15, -0.1) is 0 Å². The molecule has 0 bridgehead atoms. The molecule has 0 fully saturated rings. The SMILES string of the molecule is c1ccc(C(c2ccc(-c3cc4ccc5cccc6c(-c7ccc(-c8ccc9ccc%10cccnc%10c9n8)cc7)cc(c3)c4c56)cc2)(c2cc3ccc4cccc5ccc(c2)c3c45)c2ccc3ccc4cccnc4c3n2)cc1. The zero-order valence-electron chi connectivity index (χ0n) is 42.7. The molecule has 0 aliphatic carbocycles. The van der Waals surface area contributed by atoms with E-state index in [1.54, 1.807) is 0 Å². The van der Waals surface area contributed by atoms with Crippen molar-refractivity contribution in [1.82, 2.24) is 19.9 Å². The number of hydrogen-bond donors (Lipinski definition) is 0. The maximum absolute atomic E-state index is 5.75. The van der Waals surface area contributed by atoms with Crippen molar-refractivity contribution in [3.63, 3.8) is 0 Å². The van der Waals surface area contributed by atoms with Crippen molar-refractivity contribution in [3.8, 4) is 33.5 Å². The summed E-state index contributed by atoms with van der Waals surface area (Å²) < 4.78 is 0. The van der Waals surface area contributed by atoms with Crippen LogP contribution in [0.4, 0.5) is 0 Å². The zero-order chi connectivity index (χ0) is 51.8. The van der Waals surface area contributed by atoms with Crippen molar-refractivity contribution in [2.75, 3.05) is 0 Å². The summed E-state index contributed by atoms with van der Waals surface area (Å²) in [4.78, 5) is 20.6. The largest absolute Gasteiger partial charge is 0.254 e. The molecule has 0 radical (unpaired) electrons. The molecule has 0 saturated carbocycles. The summed E-state index contributed by atoms with van der Waals surface area (Å²) in [5.74, 6) is 0. The lowest BCUT2D eigenvalue weighted by molar-refractivity contribution is 0.721. The lowest BCUT2D eigenvalue weighted by atomic mass is 9.66. The van der Waals surface area contributed by atoms with E-state index in [4.69, 9.17) is 19.9 Å². The second-order valence-corrected chi connectivity index (χ2v) is 21.3. The predicted octanol–water partition coefficient (Wildman–Crippen LogP) is 19.1. The molecule has 0 saturated heterocycles. The number of rotatable bonds is 7. The fourth-order valence-electron chi connectivity index (χ4n) is 13.4. The van der Waals surface area contributed by atoms with Crippen LogP contribution < -0.4 is 0 Å². The molecular weight excluding hydrogens is 957 g/mol. The van der Waals surface area contributed by atoms with Crippen LogP contribution in [0.5, 0.6) is 0 Å². The van der Waals surface area contributed by atoms with Gasteiger partial charge in [0.25, 0.3) is 0 Å². The molecule has 4 nitrogen and oxygen atoms in total. The molecule has 17 rings (SSSR count). The zero-order valence-corrected chi connectivity index (χ0v) is 42.7. The Labute approximate surface area is 454 Å². The van der Waals surface area contributed by atoms with Gasteiger partial charge >= 0.3 is 0 Å². The molecule has 4 heterocycles. The summed E-state index contributed by atoms with van der Waals surface area (Å²) in [5.41, 5.74) is 13.8. The van der Waals surface area contributed by atoms with Crippen LogP contribution in [0.1, 0.15) is 22.4 Å². The third-order valence-electron chi connectivity index (χ3n) is 17.1. The van der Waals surface area contributed by atoms with Gasteiger partial charge in [0.15, 0.2) is 0 Å². The molecule has 0 spiro atoms. The second kappa shape index (κ2) is 16.8. The van der Waals surface area contributed by atoms with Gasteiger partial charge in [0.2, 0.25) is 0 Å². The molecule has 4 heteroatoms. The van der Waals surface area contributed by atoms with Gasteiger partial charge in [-0.05, 0) is 158 Å². The lowest BCUT2D eigenvalue weighted by Crippen LogP contribution is -2.32. The van der Waals surface area contributed by atoms with Gasteiger partial charge in [0.05, 0.1) is 38.9 Å². The summed E-state index contributed by atoms with van der Waals surface area (Å²) >= 11 is 0. The minimum Gasteiger partial charge on any atom is -0.254 e. The maximum atomic E-state index is 5.75. The lowest BCUT2D eigenvalue weighted by Gasteiger charge is -2.36. The first-order valence-corrected chi connectivity index (χ1v) is 27.1. The van der Waals surface area contributed by atoms with E-state index in [-0.39, 0.29) is 0 Å². The minimum atomic E-state index is -0.830. The van der Waals surface area contributed by atoms with E-state index in [0.717, 1.165) is 93.9 Å². The van der Waals surface area contributed by atoms with E-state index in [9.17, 15) is 0 Å². The van der Waals surface area contributed by atoms with E-state index < -0.39 is 5.41 Å². The van der Waals surface area contributed by atoms with Crippen LogP contribution in [0.15, 0.2) is 267 Å². The normalized spacial score (nSPS) is 12.9. The first-order valence-electron chi connectivity index (χ1n) is 27.1. The molecule has 0 amide bonds. The average molecular weight is 1000 g/mol. The Hall–Kier alpha value is -10.4. The van der Waals surface area contributed by atoms with E-state index in [0.29, 0.717) is 0 Å². The third-order valence-corrected chi connectivity index (χ3v) is 17.1. The van der Waals surface area contributed by atoms with Crippen LogP contribution in [0.2, 0.25) is 0 Å². The van der Waals surface area contributed by atoms with Gasteiger partial charge < -0.3 is 0 Å². The quantitative estimate of drug-likeness (QED) is 0.118. The van der Waals surface area contributed by atoms with Crippen molar-refractivity contribution < 1.29 is 0 Å². The molecule has 0 N–H and O–H groups in total. The van der Waals surface area contributed by atoms with E-state index >= 15 is 0 Å². The van der Waals surface area contributed by atoms with Crippen LogP contribution in [0, 0.1) is 0 Å². The standard InChI is InChI=1S/C75H44N4/c1-2-13-60(14-3-1)75(66-37-33-54-26-24-52-12-7-39-77-72(52)74(54)79-66,62-42-56-28-20-48-8-4-9-49-21-29-57(43-62)68(56)67(48)49)61-34-30-45(31-35-61)58-40-55-27-22-50-10-5-15-63-64(44-59(41-58)69(55)70(50)63)46-16-18-47(19-17-46)65-36-32-53-25-23-51-11-6-38-76-71(51)73(53)78-65/h1-44H. The van der Waals surface area contributed by atoms with Gasteiger partial charge in [-0.3, -0.25) is 9.97 Å². The average Bonchev–Trinajstić information content (AvgIpc) is 3.71. The molecule has 1 unspecified atom stereocenters. The fourth-order valence-corrected chi connectivity index (χ4v) is 13.4. The summed E-state index contributed by atoms with van der Waals surface area (Å²) in [7, 11) is 0. The van der Waals surface area contributed by atoms with Crippen molar-refractivity contribution >= 4 is 108 Å². The Bertz CT molecular complexity index is 5240. The van der Waals surface area contributed by atoms with Gasteiger partial charge in [-0.1, -0.05) is 200 Å². The van der Waals surface area contributed by atoms with E-state index in [1.165, 1.54) is 70.2 Å². The smallest absolute Gasteiger partial charge is 0.0972 e. The van der Waals surface area contributed by atoms with Crippen LogP contribution in [0.25, 0.3) is 142 Å². The van der Waals surface area contributed by atoms with Crippen LogP contribution in [0.3, 0.4) is 0 Å². The Morgan fingerprint density at radius 2 is 0.734 bits per heavy atom. The van der Waals surface area contributed by atoms with Crippen molar-refractivity contribution in [3.05, 3.63) is 290 Å². The van der Waals surface area contributed by atoms with Gasteiger partial charge in [-0.2, -0.15) is 0 Å². The number of hydrogen-bond acceptors (Lipinski definition) is 4. The van der Waals surface area contributed by atoms with Crippen molar-refractivity contribution in [1.29, 1.82) is 0 Å². The Morgan fingerprint density at radius 1 is 0.253 bits per heavy atom. The summed E-state index contributed by atoms with van der Waals surface area (Å²) in [6.07, 6.45) is 3.72. The second-order valence-electron chi connectivity index (χ2n) is 21.3. The third kappa shape index (κ3) is 6.55. The molecule has 364 valence electrons. The summed E-state index contributed by atoms with van der Waals surface area (Å²) in [5, 5.41) is 19.3. The Kier molecular flexibility index (Phi) is 9.30. The van der Waals surface area contributed by atoms with Crippen LogP contribution in [-0.4, -0.2) is 19.9 Å². The highest BCUT2D eigenvalue weighted by Gasteiger charge is 2.41. The maximum Gasteiger partial charge on any atom is 0.0972 e. The molecule has 1 atom stereocenters. The monoisotopic (exact) mass is 1000 g/mol. The summed E-state index contributed by atoms with van der Waals surface area (Å²) in [6.45, 7) is 0. The first-order chi connectivity index (χ1) is 39.1. The predicted molar refractivity (Wildman–Crippen MR) is 330 cm³/mol. The molecule has 0 aliphatic rings. The first kappa shape index (κ1) is 43.8. The fraction of sp³-hybridized carbons (Fsp3) is 0.0133. The van der Waals surface area contributed by atoms with Crippen LogP contribution in [-0.2, 0) is 5.41 Å². The Morgan fingerprint density at radius 3 is 1.42 bits per heavy atom. The molecule has 4 aromatic heterocycles. The topological polar surface area (TPSA) is 51.6 Å².